The van der Waals surface area contributed by atoms with Gasteiger partial charge in [0.1, 0.15) is 11.8 Å². The molecule has 0 saturated carbocycles. The summed E-state index contributed by atoms with van der Waals surface area (Å²) in [5, 5.41) is 1.78. The van der Waals surface area contributed by atoms with Gasteiger partial charge in [0.05, 0.1) is 10.9 Å². The summed E-state index contributed by atoms with van der Waals surface area (Å²) in [7, 11) is -2.40. The third-order valence-corrected chi connectivity index (χ3v) is 4.35. The fourth-order valence-corrected chi connectivity index (χ4v) is 2.90. The molecule has 0 aliphatic rings. The van der Waals surface area contributed by atoms with Gasteiger partial charge in [-0.3, -0.25) is 4.79 Å². The summed E-state index contributed by atoms with van der Waals surface area (Å²) < 4.78 is 25.7. The normalized spacial score (nSPS) is 10.8. The van der Waals surface area contributed by atoms with Crippen molar-refractivity contribution in [3.63, 3.8) is 0 Å². The molecule has 0 spiro atoms. The smallest absolute Gasteiger partial charge is 0.200 e. The highest BCUT2D eigenvalue weighted by atomic mass is 32.2. The highest BCUT2D eigenvalue weighted by Crippen LogP contribution is 2.18. The first-order chi connectivity index (χ1) is 13.6. The minimum atomic E-state index is -2.40. The summed E-state index contributed by atoms with van der Waals surface area (Å²) in [6.07, 6.45) is 3.09. The number of para-hydroxylation sites is 1. The van der Waals surface area contributed by atoms with Crippen molar-refractivity contribution in [3.8, 4) is 11.1 Å². The molecule has 3 aromatic carbocycles. The maximum atomic E-state index is 12.3. The van der Waals surface area contributed by atoms with Crippen molar-refractivity contribution in [3.05, 3.63) is 112 Å². The molecule has 0 unspecified atom stereocenters. The fraction of sp³-hybridized carbons (Fsp3) is 0. The van der Waals surface area contributed by atoms with Crippen molar-refractivity contribution >= 4 is 27.7 Å². The van der Waals surface area contributed by atoms with Crippen LogP contribution in [0.1, 0.15) is 5.56 Å². The van der Waals surface area contributed by atoms with Crippen LogP contribution in [0.3, 0.4) is 0 Å². The molecule has 0 fully saturated rings. The topological polar surface area (TPSA) is 64.3 Å². The average molecular weight is 390 g/mol. The van der Waals surface area contributed by atoms with Crippen LogP contribution in [-0.2, 0) is 10.7 Å². The van der Waals surface area contributed by atoms with E-state index in [-0.39, 0.29) is 5.43 Å². The summed E-state index contributed by atoms with van der Waals surface area (Å²) >= 11 is 0. The Hall–Kier alpha value is -3.44. The Morgan fingerprint density at radius 2 is 1.36 bits per heavy atom. The molecule has 0 N–H and O–H groups in total. The Balaban J connectivity index is 0.000000178. The molecule has 0 radical (unpaired) electrons. The minimum Gasteiger partial charge on any atom is -0.463 e. The first-order valence-electron chi connectivity index (χ1n) is 8.58. The molecule has 5 heteroatoms. The third-order valence-electron chi connectivity index (χ3n) is 3.95. The number of thiol groups is 1. The standard InChI is InChI=1S/C15H10O2.C8H8O2S/c16-15-12-8-4-5-9-14(12)17-10-13(15)11-6-2-1-3-7-11;9-11(10)7-6-8-4-2-1-3-5-8/h1-10H;1-7,11H. The lowest BCUT2D eigenvalue weighted by molar-refractivity contribution is 0.604. The second kappa shape index (κ2) is 9.48. The van der Waals surface area contributed by atoms with Crippen LogP contribution >= 0.6 is 0 Å². The zero-order valence-corrected chi connectivity index (χ0v) is 15.8. The molecule has 140 valence electrons. The molecule has 0 atom stereocenters. The van der Waals surface area contributed by atoms with Crippen molar-refractivity contribution < 1.29 is 12.8 Å². The van der Waals surface area contributed by atoms with Crippen molar-refractivity contribution in [1.82, 2.24) is 0 Å². The quantitative estimate of drug-likeness (QED) is 0.514. The maximum Gasteiger partial charge on any atom is 0.200 e. The van der Waals surface area contributed by atoms with E-state index in [0.717, 1.165) is 16.5 Å². The van der Waals surface area contributed by atoms with Gasteiger partial charge in [-0.05, 0) is 29.3 Å². The van der Waals surface area contributed by atoms with Crippen LogP contribution in [0.4, 0.5) is 0 Å². The first kappa shape index (κ1) is 19.3. The van der Waals surface area contributed by atoms with Gasteiger partial charge in [-0.15, -0.1) is 0 Å². The van der Waals surface area contributed by atoms with Crippen LogP contribution in [0.25, 0.3) is 28.2 Å². The van der Waals surface area contributed by atoms with E-state index in [2.05, 4.69) is 0 Å². The molecule has 0 aliphatic carbocycles. The van der Waals surface area contributed by atoms with E-state index in [9.17, 15) is 13.2 Å². The third kappa shape index (κ3) is 5.05. The summed E-state index contributed by atoms with van der Waals surface area (Å²) in [4.78, 5) is 12.3. The molecule has 0 amide bonds. The number of fused-ring (bicyclic) bond motifs is 1. The second-order valence-corrected chi connectivity index (χ2v) is 6.72. The number of benzene rings is 3. The van der Waals surface area contributed by atoms with Gasteiger partial charge >= 0.3 is 0 Å². The minimum absolute atomic E-state index is 0.0121. The fourth-order valence-electron chi connectivity index (χ4n) is 2.61. The summed E-state index contributed by atoms with van der Waals surface area (Å²) in [6, 6.07) is 26.1. The van der Waals surface area contributed by atoms with Gasteiger partial charge in [0.15, 0.2) is 16.1 Å². The zero-order chi connectivity index (χ0) is 19.8. The number of hydrogen-bond acceptors (Lipinski definition) is 4. The number of hydrogen-bond donors (Lipinski definition) is 1. The average Bonchev–Trinajstić information content (AvgIpc) is 2.75. The van der Waals surface area contributed by atoms with Crippen LogP contribution in [-0.4, -0.2) is 8.42 Å². The highest BCUT2D eigenvalue weighted by molar-refractivity contribution is 7.75. The van der Waals surface area contributed by atoms with Gasteiger partial charge < -0.3 is 4.42 Å². The monoisotopic (exact) mass is 390 g/mol. The number of rotatable bonds is 3. The Bertz CT molecular complexity index is 1200. The molecule has 4 rings (SSSR count). The van der Waals surface area contributed by atoms with Gasteiger partial charge in [0, 0.05) is 5.41 Å². The molecule has 1 aromatic heterocycles. The molecule has 28 heavy (non-hydrogen) atoms. The van der Waals surface area contributed by atoms with E-state index in [0.29, 0.717) is 16.5 Å². The van der Waals surface area contributed by atoms with E-state index in [1.165, 1.54) is 6.26 Å². The lowest BCUT2D eigenvalue weighted by Crippen LogP contribution is -2.04. The van der Waals surface area contributed by atoms with E-state index >= 15 is 0 Å². The summed E-state index contributed by atoms with van der Waals surface area (Å²) in [5.74, 6) is 0. The summed E-state index contributed by atoms with van der Waals surface area (Å²) in [5.41, 5.74) is 3.01. The summed E-state index contributed by atoms with van der Waals surface area (Å²) in [6.45, 7) is 0. The second-order valence-electron chi connectivity index (χ2n) is 5.85. The first-order valence-corrected chi connectivity index (χ1v) is 9.82. The van der Waals surface area contributed by atoms with Crippen molar-refractivity contribution in [1.29, 1.82) is 0 Å². The van der Waals surface area contributed by atoms with Crippen LogP contribution in [0.2, 0.25) is 0 Å². The van der Waals surface area contributed by atoms with Gasteiger partial charge in [0.25, 0.3) is 0 Å². The van der Waals surface area contributed by atoms with Crippen LogP contribution in [0.15, 0.2) is 106 Å². The lowest BCUT2D eigenvalue weighted by Gasteiger charge is -2.01. The van der Waals surface area contributed by atoms with Gasteiger partial charge in [0.2, 0.25) is 0 Å². The predicted octanol–water partition coefficient (Wildman–Crippen LogP) is 4.73. The highest BCUT2D eigenvalue weighted by Gasteiger charge is 2.07. The van der Waals surface area contributed by atoms with Crippen molar-refractivity contribution in [2.75, 3.05) is 0 Å². The Labute approximate surface area is 164 Å². The molecule has 0 aliphatic heterocycles. The Morgan fingerprint density at radius 1 is 0.750 bits per heavy atom. The molecular formula is C23H18O4S. The lowest BCUT2D eigenvalue weighted by atomic mass is 10.1. The van der Waals surface area contributed by atoms with Crippen molar-refractivity contribution in [2.24, 2.45) is 0 Å². The molecule has 4 nitrogen and oxygen atoms in total. The van der Waals surface area contributed by atoms with Crippen LogP contribution in [0, 0.1) is 0 Å². The largest absolute Gasteiger partial charge is 0.463 e. The molecule has 0 bridgehead atoms. The van der Waals surface area contributed by atoms with Crippen molar-refractivity contribution in [2.45, 2.75) is 0 Å². The van der Waals surface area contributed by atoms with E-state index in [4.69, 9.17) is 4.42 Å². The molecule has 1 heterocycles. The molecule has 4 aromatic rings. The van der Waals surface area contributed by atoms with Gasteiger partial charge in [-0.1, -0.05) is 72.8 Å². The van der Waals surface area contributed by atoms with Gasteiger partial charge in [-0.2, -0.15) is 0 Å². The van der Waals surface area contributed by atoms with Crippen LogP contribution in [0.5, 0.6) is 0 Å². The SMILES string of the molecule is O=[SH](=O)C=Cc1ccccc1.O=c1c(-c2ccccc2)coc2ccccc12. The molecule has 0 saturated heterocycles. The predicted molar refractivity (Wildman–Crippen MR) is 114 cm³/mol. The van der Waals surface area contributed by atoms with Crippen LogP contribution < -0.4 is 5.43 Å². The Kier molecular flexibility index (Phi) is 6.54. The van der Waals surface area contributed by atoms with Gasteiger partial charge in [-0.25, -0.2) is 8.42 Å². The molecular weight excluding hydrogens is 372 g/mol. The zero-order valence-electron chi connectivity index (χ0n) is 14.9. The van der Waals surface area contributed by atoms with E-state index in [1.807, 2.05) is 72.8 Å². The van der Waals surface area contributed by atoms with E-state index < -0.39 is 10.7 Å². The Morgan fingerprint density at radius 3 is 2.04 bits per heavy atom. The maximum absolute atomic E-state index is 12.3. The van der Waals surface area contributed by atoms with E-state index in [1.54, 1.807) is 18.2 Å².